The van der Waals surface area contributed by atoms with Crippen molar-refractivity contribution in [1.29, 1.82) is 5.26 Å². The number of aromatic nitrogens is 2. The number of carbonyl (C=O) groups excluding carboxylic acids is 1. The number of nitrogens with two attached hydrogens (primary N) is 1. The van der Waals surface area contributed by atoms with Gasteiger partial charge in [-0.1, -0.05) is 0 Å². The van der Waals surface area contributed by atoms with E-state index in [1.807, 2.05) is 6.07 Å². The van der Waals surface area contributed by atoms with Crippen molar-refractivity contribution in [2.75, 3.05) is 17.7 Å². The Hall–Kier alpha value is -2.85. The van der Waals surface area contributed by atoms with E-state index in [9.17, 15) is 4.79 Å². The molecule has 3 N–H and O–H groups in total. The van der Waals surface area contributed by atoms with Crippen molar-refractivity contribution in [1.82, 2.24) is 9.78 Å². The zero-order valence-corrected chi connectivity index (χ0v) is 11.8. The van der Waals surface area contributed by atoms with E-state index in [-0.39, 0.29) is 17.8 Å². The highest BCUT2D eigenvalue weighted by molar-refractivity contribution is 5.94. The minimum absolute atomic E-state index is 0.125. The van der Waals surface area contributed by atoms with Crippen LogP contribution in [0.25, 0.3) is 5.69 Å². The fourth-order valence-electron chi connectivity index (χ4n) is 2.31. The van der Waals surface area contributed by atoms with Gasteiger partial charge in [0.15, 0.2) is 5.82 Å². The Labute approximate surface area is 127 Å². The van der Waals surface area contributed by atoms with Gasteiger partial charge in [-0.05, 0) is 37.1 Å². The normalized spacial score (nSPS) is 17.1. The summed E-state index contributed by atoms with van der Waals surface area (Å²) in [6.07, 6.45) is 2.88. The van der Waals surface area contributed by atoms with Crippen molar-refractivity contribution in [3.63, 3.8) is 0 Å². The smallest absolute Gasteiger partial charge is 0.253 e. The molecule has 1 unspecified atom stereocenters. The highest BCUT2D eigenvalue weighted by Gasteiger charge is 2.23. The van der Waals surface area contributed by atoms with Crippen LogP contribution < -0.4 is 11.1 Å². The molecule has 2 aromatic rings. The van der Waals surface area contributed by atoms with Crippen molar-refractivity contribution in [3.8, 4) is 11.8 Å². The second kappa shape index (κ2) is 5.87. The molecule has 0 aliphatic carbocycles. The van der Waals surface area contributed by atoms with Gasteiger partial charge in [-0.3, -0.25) is 4.79 Å². The number of nitrogens with one attached hydrogen (secondary N) is 1. The summed E-state index contributed by atoms with van der Waals surface area (Å²) in [5.74, 6) is 0.0682. The Balaban J connectivity index is 1.72. The van der Waals surface area contributed by atoms with Gasteiger partial charge in [0.25, 0.3) is 5.91 Å². The van der Waals surface area contributed by atoms with Crippen LogP contribution in [-0.4, -0.2) is 28.4 Å². The minimum atomic E-state index is -0.358. The summed E-state index contributed by atoms with van der Waals surface area (Å²) in [5.41, 5.74) is 7.40. The number of anilines is 2. The Morgan fingerprint density at radius 3 is 2.82 bits per heavy atom. The first-order valence-corrected chi connectivity index (χ1v) is 6.95. The molecule has 1 amide bonds. The van der Waals surface area contributed by atoms with Gasteiger partial charge in [-0.2, -0.15) is 5.26 Å². The van der Waals surface area contributed by atoms with Crippen molar-refractivity contribution in [2.45, 2.75) is 18.9 Å². The number of hydrogen-bond donors (Lipinski definition) is 2. The molecule has 3 rings (SSSR count). The molecule has 2 heterocycles. The molecule has 112 valence electrons. The molecule has 7 nitrogen and oxygen atoms in total. The summed E-state index contributed by atoms with van der Waals surface area (Å²) in [4.78, 5) is 12.0. The summed E-state index contributed by atoms with van der Waals surface area (Å²) in [7, 11) is 0. The van der Waals surface area contributed by atoms with E-state index in [0.29, 0.717) is 17.9 Å². The molecule has 1 fully saturated rings. The average Bonchev–Trinajstić information content (AvgIpc) is 3.17. The lowest BCUT2D eigenvalue weighted by molar-refractivity contribution is -0.124. The highest BCUT2D eigenvalue weighted by Crippen LogP contribution is 2.18. The molecule has 0 spiro atoms. The summed E-state index contributed by atoms with van der Waals surface area (Å²) < 4.78 is 6.86. The first-order valence-electron chi connectivity index (χ1n) is 6.95. The fraction of sp³-hybridized carbons (Fsp3) is 0.267. The molecule has 1 aromatic carbocycles. The van der Waals surface area contributed by atoms with Gasteiger partial charge in [0.2, 0.25) is 0 Å². The van der Waals surface area contributed by atoms with Crippen LogP contribution in [0.3, 0.4) is 0 Å². The average molecular weight is 297 g/mol. The number of ether oxygens (including phenoxy) is 1. The first-order chi connectivity index (χ1) is 10.7. The Bertz CT molecular complexity index is 723. The van der Waals surface area contributed by atoms with E-state index in [0.717, 1.165) is 18.5 Å². The van der Waals surface area contributed by atoms with Gasteiger partial charge in [-0.25, -0.2) is 4.68 Å². The molecule has 0 saturated carbocycles. The van der Waals surface area contributed by atoms with Crippen LogP contribution >= 0.6 is 0 Å². The number of benzene rings is 1. The third-order valence-electron chi connectivity index (χ3n) is 3.48. The van der Waals surface area contributed by atoms with Gasteiger partial charge in [0.1, 0.15) is 17.7 Å². The van der Waals surface area contributed by atoms with Gasteiger partial charge in [0, 0.05) is 12.3 Å². The molecule has 1 aliphatic rings. The second-order valence-electron chi connectivity index (χ2n) is 5.02. The van der Waals surface area contributed by atoms with Gasteiger partial charge in [-0.15, -0.1) is 5.10 Å². The molecule has 1 atom stereocenters. The van der Waals surface area contributed by atoms with Crippen LogP contribution in [-0.2, 0) is 9.53 Å². The monoisotopic (exact) mass is 297 g/mol. The molecule has 7 heteroatoms. The highest BCUT2D eigenvalue weighted by atomic mass is 16.5. The summed E-state index contributed by atoms with van der Waals surface area (Å²) in [6, 6.07) is 9.10. The number of amides is 1. The molecule has 22 heavy (non-hydrogen) atoms. The largest absolute Gasteiger partial charge is 0.381 e. The first kappa shape index (κ1) is 14.1. The number of nitriles is 1. The van der Waals surface area contributed by atoms with E-state index in [1.54, 1.807) is 30.5 Å². The van der Waals surface area contributed by atoms with Gasteiger partial charge < -0.3 is 15.8 Å². The lowest BCUT2D eigenvalue weighted by atomic mass is 10.2. The number of rotatable bonds is 3. The van der Waals surface area contributed by atoms with E-state index in [1.165, 1.54) is 4.68 Å². The lowest BCUT2D eigenvalue weighted by Crippen LogP contribution is -2.26. The van der Waals surface area contributed by atoms with E-state index < -0.39 is 0 Å². The van der Waals surface area contributed by atoms with Crippen molar-refractivity contribution >= 4 is 17.4 Å². The number of nitrogen functional groups attached to an aromatic ring is 1. The van der Waals surface area contributed by atoms with Crippen LogP contribution in [0.2, 0.25) is 0 Å². The molecular formula is C15H15N5O2. The van der Waals surface area contributed by atoms with E-state index in [2.05, 4.69) is 10.4 Å². The lowest BCUT2D eigenvalue weighted by Gasteiger charge is -2.10. The van der Waals surface area contributed by atoms with Crippen molar-refractivity contribution < 1.29 is 9.53 Å². The van der Waals surface area contributed by atoms with Gasteiger partial charge >= 0.3 is 0 Å². The molecule has 0 bridgehead atoms. The summed E-state index contributed by atoms with van der Waals surface area (Å²) in [5, 5.41) is 15.8. The second-order valence-corrected chi connectivity index (χ2v) is 5.02. The fourth-order valence-corrected chi connectivity index (χ4v) is 2.31. The van der Waals surface area contributed by atoms with Crippen LogP contribution in [0.15, 0.2) is 30.5 Å². The van der Waals surface area contributed by atoms with Gasteiger partial charge in [0.05, 0.1) is 11.9 Å². The summed E-state index contributed by atoms with van der Waals surface area (Å²) >= 11 is 0. The minimum Gasteiger partial charge on any atom is -0.381 e. The van der Waals surface area contributed by atoms with Crippen molar-refractivity contribution in [2.24, 2.45) is 0 Å². The SMILES string of the molecule is N#Cc1cn(-c2ccc(NC(=O)C3CCCO3)cc2)nc1N. The maximum Gasteiger partial charge on any atom is 0.253 e. The Kier molecular flexibility index (Phi) is 3.76. The predicted octanol–water partition coefficient (Wildman–Crippen LogP) is 1.44. The standard InChI is InChI=1S/C15H15N5O2/c16-8-10-9-20(19-14(10)17)12-5-3-11(4-6-12)18-15(21)13-2-1-7-22-13/h3-6,9,13H,1-2,7H2,(H2,17,19)(H,18,21). The van der Waals surface area contributed by atoms with E-state index >= 15 is 0 Å². The van der Waals surface area contributed by atoms with Crippen LogP contribution in [0.5, 0.6) is 0 Å². The molecule has 0 radical (unpaired) electrons. The molecular weight excluding hydrogens is 282 g/mol. The molecule has 1 aromatic heterocycles. The zero-order chi connectivity index (χ0) is 15.5. The zero-order valence-electron chi connectivity index (χ0n) is 11.8. The number of hydrogen-bond acceptors (Lipinski definition) is 5. The van der Waals surface area contributed by atoms with Crippen LogP contribution in [0.1, 0.15) is 18.4 Å². The number of nitrogens with zero attached hydrogens (tertiary/aromatic N) is 3. The third-order valence-corrected chi connectivity index (χ3v) is 3.48. The Morgan fingerprint density at radius 2 is 2.23 bits per heavy atom. The van der Waals surface area contributed by atoms with Crippen LogP contribution in [0.4, 0.5) is 11.5 Å². The molecule has 1 saturated heterocycles. The predicted molar refractivity (Wildman–Crippen MR) is 80.3 cm³/mol. The Morgan fingerprint density at radius 1 is 1.45 bits per heavy atom. The van der Waals surface area contributed by atoms with E-state index in [4.69, 9.17) is 15.7 Å². The summed E-state index contributed by atoms with van der Waals surface area (Å²) in [6.45, 7) is 0.638. The number of carbonyl (C=O) groups is 1. The van der Waals surface area contributed by atoms with Crippen molar-refractivity contribution in [3.05, 3.63) is 36.0 Å². The molecule has 1 aliphatic heterocycles. The maximum atomic E-state index is 12.0. The van der Waals surface area contributed by atoms with Crippen LogP contribution in [0, 0.1) is 11.3 Å². The maximum absolute atomic E-state index is 12.0. The topological polar surface area (TPSA) is 106 Å². The quantitative estimate of drug-likeness (QED) is 0.891. The third kappa shape index (κ3) is 2.77.